The van der Waals surface area contributed by atoms with Gasteiger partial charge in [0.25, 0.3) is 0 Å². The molecule has 2 rings (SSSR count). The predicted octanol–water partition coefficient (Wildman–Crippen LogP) is 0.128. The average Bonchev–Trinajstić information content (AvgIpc) is 2.96. The molecule has 0 aromatic rings. The van der Waals surface area contributed by atoms with Gasteiger partial charge in [0.2, 0.25) is 5.91 Å². The van der Waals surface area contributed by atoms with Crippen molar-refractivity contribution in [1.82, 2.24) is 20.4 Å². The third-order valence-electron chi connectivity index (χ3n) is 4.70. The summed E-state index contributed by atoms with van der Waals surface area (Å²) in [6.45, 7) is 9.69. The average molecular weight is 282 g/mol. The topological polar surface area (TPSA) is 47.6 Å². The number of nitrogens with zero attached hydrogens (tertiary/aromatic N) is 2. The maximum atomic E-state index is 11.9. The second kappa shape index (κ2) is 7.96. The molecule has 1 amide bonds. The van der Waals surface area contributed by atoms with Crippen LogP contribution in [-0.4, -0.2) is 74.6 Å². The van der Waals surface area contributed by atoms with Crippen molar-refractivity contribution in [2.24, 2.45) is 5.92 Å². The van der Waals surface area contributed by atoms with Crippen molar-refractivity contribution in [3.05, 3.63) is 0 Å². The quantitative estimate of drug-likeness (QED) is 0.727. The summed E-state index contributed by atoms with van der Waals surface area (Å²) in [5, 5.41) is 6.45. The maximum absolute atomic E-state index is 11.9. The van der Waals surface area contributed by atoms with Gasteiger partial charge in [-0.15, -0.1) is 0 Å². The molecule has 0 aliphatic carbocycles. The van der Waals surface area contributed by atoms with Crippen LogP contribution in [0.3, 0.4) is 0 Å². The van der Waals surface area contributed by atoms with Crippen molar-refractivity contribution < 1.29 is 4.79 Å². The highest BCUT2D eigenvalue weighted by Gasteiger charge is 2.20. The molecule has 0 bridgehead atoms. The SMILES string of the molecule is CC(CNC(=O)CCC1CCNC1)N1CCN(C)CC1. The minimum Gasteiger partial charge on any atom is -0.355 e. The second-order valence-electron chi connectivity index (χ2n) is 6.39. The van der Waals surface area contributed by atoms with Crippen LogP contribution in [0.15, 0.2) is 0 Å². The first kappa shape index (κ1) is 15.7. The zero-order chi connectivity index (χ0) is 14.4. The van der Waals surface area contributed by atoms with Gasteiger partial charge in [-0.3, -0.25) is 9.69 Å². The van der Waals surface area contributed by atoms with Gasteiger partial charge >= 0.3 is 0 Å². The third kappa shape index (κ3) is 5.04. The van der Waals surface area contributed by atoms with E-state index >= 15 is 0 Å². The molecular formula is C15H30N4O. The molecule has 0 saturated carbocycles. The van der Waals surface area contributed by atoms with Crippen molar-refractivity contribution in [3.63, 3.8) is 0 Å². The van der Waals surface area contributed by atoms with Gasteiger partial charge in [-0.25, -0.2) is 0 Å². The summed E-state index contributed by atoms with van der Waals surface area (Å²) in [6, 6.07) is 0.445. The van der Waals surface area contributed by atoms with Crippen LogP contribution in [0.1, 0.15) is 26.2 Å². The molecule has 2 aliphatic heterocycles. The van der Waals surface area contributed by atoms with E-state index in [1.807, 2.05) is 0 Å². The highest BCUT2D eigenvalue weighted by Crippen LogP contribution is 2.14. The van der Waals surface area contributed by atoms with Gasteiger partial charge in [0.1, 0.15) is 0 Å². The lowest BCUT2D eigenvalue weighted by Crippen LogP contribution is -2.51. The molecule has 2 fully saturated rings. The molecule has 2 heterocycles. The molecule has 2 saturated heterocycles. The molecule has 2 aliphatic rings. The fourth-order valence-corrected chi connectivity index (χ4v) is 3.04. The molecule has 0 aromatic heterocycles. The Kier molecular flexibility index (Phi) is 6.26. The lowest BCUT2D eigenvalue weighted by Gasteiger charge is -2.36. The van der Waals surface area contributed by atoms with E-state index in [4.69, 9.17) is 0 Å². The molecule has 5 nitrogen and oxygen atoms in total. The fraction of sp³-hybridized carbons (Fsp3) is 0.933. The molecule has 0 spiro atoms. The summed E-state index contributed by atoms with van der Waals surface area (Å²) in [5.41, 5.74) is 0. The zero-order valence-corrected chi connectivity index (χ0v) is 13.0. The van der Waals surface area contributed by atoms with Crippen molar-refractivity contribution >= 4 is 5.91 Å². The Labute approximate surface area is 123 Å². The summed E-state index contributed by atoms with van der Waals surface area (Å²) < 4.78 is 0. The Hall–Kier alpha value is -0.650. The Balaban J connectivity index is 1.57. The summed E-state index contributed by atoms with van der Waals surface area (Å²) in [4.78, 5) is 16.7. The van der Waals surface area contributed by atoms with Crippen LogP contribution < -0.4 is 10.6 Å². The standard InChI is InChI=1S/C15H30N4O/c1-13(19-9-7-18(2)8-10-19)11-17-15(20)4-3-14-5-6-16-12-14/h13-14,16H,3-12H2,1-2H3,(H,17,20). The van der Waals surface area contributed by atoms with Gasteiger partial charge in [-0.2, -0.15) is 0 Å². The van der Waals surface area contributed by atoms with Crippen LogP contribution in [0, 0.1) is 5.92 Å². The van der Waals surface area contributed by atoms with Crippen LogP contribution in [0.4, 0.5) is 0 Å². The van der Waals surface area contributed by atoms with Gasteiger partial charge in [0.05, 0.1) is 0 Å². The van der Waals surface area contributed by atoms with Crippen LogP contribution in [0.25, 0.3) is 0 Å². The minimum atomic E-state index is 0.220. The Bertz CT molecular complexity index is 296. The number of rotatable bonds is 6. The van der Waals surface area contributed by atoms with E-state index in [1.54, 1.807) is 0 Å². The van der Waals surface area contributed by atoms with Gasteiger partial charge in [0, 0.05) is 45.2 Å². The van der Waals surface area contributed by atoms with E-state index in [0.717, 1.165) is 52.2 Å². The summed E-state index contributed by atoms with van der Waals surface area (Å²) >= 11 is 0. The first-order valence-electron chi connectivity index (χ1n) is 8.05. The number of hydrogen-bond acceptors (Lipinski definition) is 4. The third-order valence-corrected chi connectivity index (χ3v) is 4.70. The molecule has 2 atom stereocenters. The van der Waals surface area contributed by atoms with Crippen LogP contribution in [0.5, 0.6) is 0 Å². The van der Waals surface area contributed by atoms with E-state index in [2.05, 4.69) is 34.4 Å². The molecule has 116 valence electrons. The molecule has 5 heteroatoms. The number of carbonyl (C=O) groups excluding carboxylic acids is 1. The fourth-order valence-electron chi connectivity index (χ4n) is 3.04. The summed E-state index contributed by atoms with van der Waals surface area (Å²) in [7, 11) is 2.17. The van der Waals surface area contributed by atoms with Crippen molar-refractivity contribution in [3.8, 4) is 0 Å². The van der Waals surface area contributed by atoms with Crippen molar-refractivity contribution in [2.45, 2.75) is 32.2 Å². The Morgan fingerprint density at radius 3 is 2.75 bits per heavy atom. The number of hydrogen-bond donors (Lipinski definition) is 2. The van der Waals surface area contributed by atoms with Crippen molar-refractivity contribution in [2.75, 3.05) is 52.9 Å². The van der Waals surface area contributed by atoms with Gasteiger partial charge in [-0.05, 0) is 45.8 Å². The van der Waals surface area contributed by atoms with Crippen LogP contribution >= 0.6 is 0 Å². The highest BCUT2D eigenvalue weighted by molar-refractivity contribution is 5.75. The van der Waals surface area contributed by atoms with Crippen LogP contribution in [-0.2, 0) is 4.79 Å². The number of likely N-dealkylation sites (N-methyl/N-ethyl adjacent to an activating group) is 1. The molecule has 2 N–H and O–H groups in total. The van der Waals surface area contributed by atoms with E-state index in [-0.39, 0.29) is 5.91 Å². The molecule has 2 unspecified atom stereocenters. The second-order valence-corrected chi connectivity index (χ2v) is 6.39. The first-order chi connectivity index (χ1) is 9.65. The number of nitrogens with one attached hydrogen (secondary N) is 2. The smallest absolute Gasteiger partial charge is 0.220 e. The maximum Gasteiger partial charge on any atom is 0.220 e. The lowest BCUT2D eigenvalue weighted by molar-refractivity contribution is -0.121. The van der Waals surface area contributed by atoms with E-state index in [0.29, 0.717) is 18.4 Å². The Morgan fingerprint density at radius 2 is 2.10 bits per heavy atom. The highest BCUT2D eigenvalue weighted by atomic mass is 16.1. The largest absolute Gasteiger partial charge is 0.355 e. The van der Waals surface area contributed by atoms with E-state index in [1.165, 1.54) is 6.42 Å². The van der Waals surface area contributed by atoms with Gasteiger partial charge in [-0.1, -0.05) is 0 Å². The number of carbonyl (C=O) groups is 1. The number of piperazine rings is 1. The molecule has 0 aromatic carbocycles. The first-order valence-corrected chi connectivity index (χ1v) is 8.05. The monoisotopic (exact) mass is 282 g/mol. The van der Waals surface area contributed by atoms with Gasteiger partial charge in [0.15, 0.2) is 0 Å². The van der Waals surface area contributed by atoms with E-state index < -0.39 is 0 Å². The van der Waals surface area contributed by atoms with Gasteiger partial charge < -0.3 is 15.5 Å². The Morgan fingerprint density at radius 1 is 1.35 bits per heavy atom. The normalized spacial score (nSPS) is 26.6. The molecular weight excluding hydrogens is 252 g/mol. The lowest BCUT2D eigenvalue weighted by atomic mass is 10.0. The zero-order valence-electron chi connectivity index (χ0n) is 13.0. The molecule has 20 heavy (non-hydrogen) atoms. The van der Waals surface area contributed by atoms with Crippen LogP contribution in [0.2, 0.25) is 0 Å². The molecule has 0 radical (unpaired) electrons. The minimum absolute atomic E-state index is 0.220. The summed E-state index contributed by atoms with van der Waals surface area (Å²) in [6.07, 6.45) is 2.94. The number of amides is 1. The van der Waals surface area contributed by atoms with Crippen molar-refractivity contribution in [1.29, 1.82) is 0 Å². The predicted molar refractivity (Wildman–Crippen MR) is 81.8 cm³/mol. The van der Waals surface area contributed by atoms with E-state index in [9.17, 15) is 4.79 Å². The summed E-state index contributed by atoms with van der Waals surface area (Å²) in [5.74, 6) is 0.925.